The number of allylic oxidation sites excluding steroid dienone is 4. The molecule has 2 fully saturated rings. The van der Waals surface area contributed by atoms with E-state index in [0.29, 0.717) is 11.4 Å². The normalized spacial score (nSPS) is 25.1. The topological polar surface area (TPSA) is 90.9 Å². The van der Waals surface area contributed by atoms with Crippen LogP contribution in [-0.4, -0.2) is 65.4 Å². The molecular weight excluding hydrogens is 366 g/mol. The number of ether oxygens (including phenoxy) is 1. The Balaban J connectivity index is 1.86. The molecule has 0 radical (unpaired) electrons. The van der Waals surface area contributed by atoms with Gasteiger partial charge in [0, 0.05) is 43.8 Å². The molecular formula is C19H29N3O4S. The molecule has 27 heavy (non-hydrogen) atoms. The first-order valence-corrected chi connectivity index (χ1v) is 10.2. The van der Waals surface area contributed by atoms with E-state index in [9.17, 15) is 14.7 Å². The lowest BCUT2D eigenvalue weighted by Crippen LogP contribution is -2.53. The Morgan fingerprint density at radius 3 is 2.78 bits per heavy atom. The molecule has 0 aromatic heterocycles. The summed E-state index contributed by atoms with van der Waals surface area (Å²) in [6.45, 7) is 7.93. The number of carbonyl (C=O) groups excluding carboxylic acids is 2. The van der Waals surface area contributed by atoms with Crippen molar-refractivity contribution in [1.29, 1.82) is 0 Å². The van der Waals surface area contributed by atoms with Crippen LogP contribution in [0.1, 0.15) is 26.2 Å². The fourth-order valence-electron chi connectivity index (χ4n) is 3.01. The summed E-state index contributed by atoms with van der Waals surface area (Å²) < 4.78 is 4.83. The van der Waals surface area contributed by atoms with Crippen molar-refractivity contribution in [3.63, 3.8) is 0 Å². The first-order valence-electron chi connectivity index (χ1n) is 9.13. The third-order valence-electron chi connectivity index (χ3n) is 4.67. The SMILES string of the molecule is C=C/C(=C\C=C(/C)N1CCCC1)NC(=O)CC1SCC(C(O)OC)NC1=O. The van der Waals surface area contributed by atoms with Gasteiger partial charge in [-0.05, 0) is 38.0 Å². The molecule has 0 spiro atoms. The molecule has 7 nitrogen and oxygen atoms in total. The molecule has 2 aliphatic rings. The molecule has 2 amide bonds. The quantitative estimate of drug-likeness (QED) is 0.422. The van der Waals surface area contributed by atoms with E-state index in [-0.39, 0.29) is 18.2 Å². The fourth-order valence-corrected chi connectivity index (χ4v) is 4.19. The number of likely N-dealkylation sites (tertiary alicyclic amines) is 1. The highest BCUT2D eigenvalue weighted by atomic mass is 32.2. The standard InChI is InChI=1S/C19H29N3O4S/c1-4-14(8-7-13(2)22-9-5-6-10-22)20-17(23)11-16-18(24)21-15(12-27-16)19(25)26-3/h4,7-8,15-16,19,25H,1,5-6,9-12H2,2-3H3,(H,20,23)(H,21,24)/b13-7+,14-8+. The van der Waals surface area contributed by atoms with Gasteiger partial charge in [-0.3, -0.25) is 9.59 Å². The summed E-state index contributed by atoms with van der Waals surface area (Å²) in [4.78, 5) is 26.8. The Morgan fingerprint density at radius 1 is 1.48 bits per heavy atom. The van der Waals surface area contributed by atoms with Crippen LogP contribution < -0.4 is 10.6 Å². The maximum Gasteiger partial charge on any atom is 0.234 e. The van der Waals surface area contributed by atoms with Gasteiger partial charge in [0.2, 0.25) is 11.8 Å². The van der Waals surface area contributed by atoms with Crippen molar-refractivity contribution in [3.05, 3.63) is 36.2 Å². The predicted molar refractivity (Wildman–Crippen MR) is 107 cm³/mol. The number of aliphatic hydroxyl groups is 1. The summed E-state index contributed by atoms with van der Waals surface area (Å²) >= 11 is 1.34. The lowest BCUT2D eigenvalue weighted by Gasteiger charge is -2.30. The molecule has 8 heteroatoms. The molecule has 3 N–H and O–H groups in total. The minimum atomic E-state index is -1.04. The zero-order valence-corrected chi connectivity index (χ0v) is 16.8. The molecule has 2 heterocycles. The summed E-state index contributed by atoms with van der Waals surface area (Å²) in [5.74, 6) is -0.0242. The van der Waals surface area contributed by atoms with Crippen molar-refractivity contribution >= 4 is 23.6 Å². The number of methoxy groups -OCH3 is 1. The van der Waals surface area contributed by atoms with E-state index in [1.165, 1.54) is 31.7 Å². The van der Waals surface area contributed by atoms with Crippen LogP contribution in [0.4, 0.5) is 0 Å². The van der Waals surface area contributed by atoms with E-state index in [0.717, 1.165) is 18.8 Å². The number of hydrogen-bond acceptors (Lipinski definition) is 6. The highest BCUT2D eigenvalue weighted by Crippen LogP contribution is 2.22. The number of aliphatic hydroxyl groups excluding tert-OH is 1. The number of amides is 2. The first-order chi connectivity index (χ1) is 12.9. The Bertz CT molecular complexity index is 614. The molecule has 0 aromatic rings. The summed E-state index contributed by atoms with van der Waals surface area (Å²) in [6, 6.07) is -0.464. The summed E-state index contributed by atoms with van der Waals surface area (Å²) in [7, 11) is 1.38. The molecule has 3 atom stereocenters. The fraction of sp³-hybridized carbons (Fsp3) is 0.579. The van der Waals surface area contributed by atoms with Crippen molar-refractivity contribution in [1.82, 2.24) is 15.5 Å². The van der Waals surface area contributed by atoms with Crippen molar-refractivity contribution in [2.45, 2.75) is 43.8 Å². The maximum absolute atomic E-state index is 12.3. The Morgan fingerprint density at radius 2 is 2.19 bits per heavy atom. The van der Waals surface area contributed by atoms with Gasteiger partial charge in [0.25, 0.3) is 0 Å². The van der Waals surface area contributed by atoms with Crippen molar-refractivity contribution in [2.24, 2.45) is 0 Å². The maximum atomic E-state index is 12.3. The number of hydrogen-bond donors (Lipinski definition) is 3. The number of nitrogens with zero attached hydrogens (tertiary/aromatic N) is 1. The van der Waals surface area contributed by atoms with Crippen LogP contribution in [0, 0.1) is 0 Å². The minimum Gasteiger partial charge on any atom is -0.375 e. The van der Waals surface area contributed by atoms with Gasteiger partial charge in [0.15, 0.2) is 6.29 Å². The second-order valence-electron chi connectivity index (χ2n) is 6.64. The van der Waals surface area contributed by atoms with Gasteiger partial charge < -0.3 is 25.4 Å². The van der Waals surface area contributed by atoms with Crippen LogP contribution in [0.25, 0.3) is 0 Å². The number of thioether (sulfide) groups is 1. The molecule has 3 unspecified atom stereocenters. The number of rotatable bonds is 8. The summed E-state index contributed by atoms with van der Waals surface area (Å²) in [5.41, 5.74) is 1.76. The zero-order valence-electron chi connectivity index (χ0n) is 15.9. The minimum absolute atomic E-state index is 0.0618. The van der Waals surface area contributed by atoms with Gasteiger partial charge in [-0.1, -0.05) is 6.58 Å². The van der Waals surface area contributed by atoms with Gasteiger partial charge in [0.1, 0.15) is 0 Å². The molecule has 2 saturated heterocycles. The van der Waals surface area contributed by atoms with E-state index < -0.39 is 17.6 Å². The second kappa shape index (κ2) is 10.5. The third kappa shape index (κ3) is 6.41. The largest absolute Gasteiger partial charge is 0.375 e. The monoisotopic (exact) mass is 395 g/mol. The second-order valence-corrected chi connectivity index (χ2v) is 7.88. The highest BCUT2D eigenvalue weighted by molar-refractivity contribution is 8.00. The average molecular weight is 396 g/mol. The Hall–Kier alpha value is -1.77. The van der Waals surface area contributed by atoms with Gasteiger partial charge in [0.05, 0.1) is 11.3 Å². The molecule has 2 aliphatic heterocycles. The van der Waals surface area contributed by atoms with Gasteiger partial charge in [-0.2, -0.15) is 0 Å². The van der Waals surface area contributed by atoms with Crippen LogP contribution in [0.2, 0.25) is 0 Å². The highest BCUT2D eigenvalue weighted by Gasteiger charge is 2.33. The lowest BCUT2D eigenvalue weighted by molar-refractivity contribution is -0.131. The lowest BCUT2D eigenvalue weighted by atomic mass is 10.2. The molecule has 0 bridgehead atoms. The van der Waals surface area contributed by atoms with Gasteiger partial charge in [-0.25, -0.2) is 0 Å². The van der Waals surface area contributed by atoms with Crippen LogP contribution in [0.5, 0.6) is 0 Å². The number of nitrogens with one attached hydrogen (secondary N) is 2. The molecule has 0 aromatic carbocycles. The number of carbonyl (C=O) groups is 2. The molecule has 0 aliphatic carbocycles. The summed E-state index contributed by atoms with van der Waals surface area (Å²) in [5, 5.41) is 14.7. The zero-order chi connectivity index (χ0) is 19.8. The van der Waals surface area contributed by atoms with Gasteiger partial charge in [-0.15, -0.1) is 11.8 Å². The third-order valence-corrected chi connectivity index (χ3v) is 6.00. The smallest absolute Gasteiger partial charge is 0.234 e. The predicted octanol–water partition coefficient (Wildman–Crippen LogP) is 1.13. The van der Waals surface area contributed by atoms with E-state index in [2.05, 4.69) is 29.0 Å². The van der Waals surface area contributed by atoms with Gasteiger partial charge >= 0.3 is 0 Å². The van der Waals surface area contributed by atoms with Crippen LogP contribution in [0.3, 0.4) is 0 Å². The molecule has 150 valence electrons. The summed E-state index contributed by atoms with van der Waals surface area (Å²) in [6.07, 6.45) is 6.83. The van der Waals surface area contributed by atoms with Crippen LogP contribution in [0.15, 0.2) is 36.2 Å². The van der Waals surface area contributed by atoms with E-state index in [1.807, 2.05) is 12.2 Å². The van der Waals surface area contributed by atoms with E-state index >= 15 is 0 Å². The molecule has 2 rings (SSSR count). The van der Waals surface area contributed by atoms with E-state index in [1.54, 1.807) is 6.08 Å². The van der Waals surface area contributed by atoms with Crippen molar-refractivity contribution in [3.8, 4) is 0 Å². The Labute approximate surface area is 164 Å². The van der Waals surface area contributed by atoms with E-state index in [4.69, 9.17) is 4.74 Å². The molecule has 0 saturated carbocycles. The first kappa shape index (κ1) is 21.5. The van der Waals surface area contributed by atoms with Crippen molar-refractivity contribution in [2.75, 3.05) is 26.0 Å². The average Bonchev–Trinajstić information content (AvgIpc) is 3.20. The van der Waals surface area contributed by atoms with Crippen LogP contribution >= 0.6 is 11.8 Å². The van der Waals surface area contributed by atoms with Crippen LogP contribution in [-0.2, 0) is 14.3 Å². The Kier molecular flexibility index (Phi) is 8.40. The van der Waals surface area contributed by atoms with Crippen molar-refractivity contribution < 1.29 is 19.4 Å².